The predicted molar refractivity (Wildman–Crippen MR) is 85.1 cm³/mol. The molecule has 0 spiro atoms. The van der Waals surface area contributed by atoms with Crippen molar-refractivity contribution in [3.63, 3.8) is 0 Å². The maximum atomic E-state index is 12.6. The van der Waals surface area contributed by atoms with Gasteiger partial charge in [-0.25, -0.2) is 13.2 Å². The van der Waals surface area contributed by atoms with Gasteiger partial charge in [-0.15, -0.1) is 6.58 Å². The number of hydrogen-bond donors (Lipinski definition) is 2. The first-order valence-electron chi connectivity index (χ1n) is 7.70. The van der Waals surface area contributed by atoms with Crippen LogP contribution in [0, 0.1) is 5.92 Å². The Morgan fingerprint density at radius 2 is 1.87 bits per heavy atom. The molecule has 0 radical (unpaired) electrons. The Morgan fingerprint density at radius 3 is 2.26 bits per heavy atom. The van der Waals surface area contributed by atoms with Crippen LogP contribution >= 0.6 is 0 Å². The van der Waals surface area contributed by atoms with Crippen LogP contribution in [0.2, 0.25) is 0 Å². The van der Waals surface area contributed by atoms with E-state index in [0.717, 1.165) is 0 Å². The average molecular weight is 344 g/mol. The summed E-state index contributed by atoms with van der Waals surface area (Å²) in [6, 6.07) is 0. The fourth-order valence-electron chi connectivity index (χ4n) is 2.58. The number of nitrogens with one attached hydrogen (secondary N) is 2. The quantitative estimate of drug-likeness (QED) is 0.735. The summed E-state index contributed by atoms with van der Waals surface area (Å²) in [7, 11) is -3.67. The van der Waals surface area contributed by atoms with Gasteiger partial charge in [0.2, 0.25) is 10.0 Å². The lowest BCUT2D eigenvalue weighted by Gasteiger charge is -2.46. The molecule has 0 saturated heterocycles. The lowest BCUT2D eigenvalue weighted by molar-refractivity contribution is -0.131. The first-order valence-corrected chi connectivity index (χ1v) is 9.24. The van der Waals surface area contributed by atoms with Gasteiger partial charge in [0, 0.05) is 5.92 Å². The molecule has 2 rings (SSSR count). The normalized spacial score (nSPS) is 27.5. The Kier molecular flexibility index (Phi) is 4.49. The van der Waals surface area contributed by atoms with Gasteiger partial charge in [-0.05, 0) is 46.5 Å². The molecule has 0 aromatic rings. The molecule has 2 N–H and O–H groups in total. The number of amides is 2. The van der Waals surface area contributed by atoms with Crippen LogP contribution in [0.15, 0.2) is 12.7 Å². The summed E-state index contributed by atoms with van der Waals surface area (Å²) in [6.07, 6.45) is 2.91. The fraction of sp³-hybridized carbons (Fsp3) is 0.733. The van der Waals surface area contributed by atoms with E-state index in [0.29, 0.717) is 25.7 Å². The second-order valence-electron chi connectivity index (χ2n) is 7.15. The van der Waals surface area contributed by atoms with Crippen molar-refractivity contribution in [3.05, 3.63) is 12.7 Å². The van der Waals surface area contributed by atoms with Gasteiger partial charge < -0.3 is 10.1 Å². The van der Waals surface area contributed by atoms with E-state index in [1.165, 1.54) is 0 Å². The van der Waals surface area contributed by atoms with Crippen LogP contribution in [0.1, 0.15) is 46.5 Å². The first kappa shape index (κ1) is 17.8. The van der Waals surface area contributed by atoms with E-state index in [1.54, 1.807) is 26.8 Å². The molecule has 8 heteroatoms. The van der Waals surface area contributed by atoms with Crippen molar-refractivity contribution in [1.82, 2.24) is 10.0 Å². The van der Waals surface area contributed by atoms with Gasteiger partial charge in [0.05, 0.1) is 5.25 Å². The Balaban J connectivity index is 2.14. The Labute approximate surface area is 136 Å². The highest BCUT2D eigenvalue weighted by atomic mass is 32.2. The predicted octanol–water partition coefficient (Wildman–Crippen LogP) is 1.45. The number of rotatable bonds is 5. The van der Waals surface area contributed by atoms with Gasteiger partial charge in [0.25, 0.3) is 5.91 Å². The van der Waals surface area contributed by atoms with Crippen LogP contribution in [0.3, 0.4) is 0 Å². The smallest absolute Gasteiger partial charge is 0.408 e. The van der Waals surface area contributed by atoms with Gasteiger partial charge in [0.15, 0.2) is 0 Å². The number of ether oxygens (including phenoxy) is 1. The zero-order chi connectivity index (χ0) is 17.5. The van der Waals surface area contributed by atoms with Gasteiger partial charge in [-0.1, -0.05) is 6.08 Å². The lowest BCUT2D eigenvalue weighted by atomic mass is 9.66. The van der Waals surface area contributed by atoms with Crippen LogP contribution in [-0.4, -0.2) is 36.8 Å². The van der Waals surface area contributed by atoms with E-state index in [2.05, 4.69) is 16.6 Å². The van der Waals surface area contributed by atoms with Crippen molar-refractivity contribution in [2.45, 2.75) is 62.8 Å². The molecule has 7 nitrogen and oxygen atoms in total. The minimum atomic E-state index is -3.67. The summed E-state index contributed by atoms with van der Waals surface area (Å²) in [5.41, 5.74) is -2.03. The van der Waals surface area contributed by atoms with Gasteiger partial charge in [0.1, 0.15) is 11.1 Å². The molecule has 2 aliphatic rings. The standard InChI is InChI=1S/C15H24N2O5S/c1-5-10-8-9-15(10,16-13(19)22-14(2,3)4)12(18)17-23(20,21)11-6-7-11/h5,10-11H,1,6-9H2,2-4H3,(H,16,19)(H,17,18)/t10-,15-/m1/s1. The van der Waals surface area contributed by atoms with Crippen molar-refractivity contribution in [2.75, 3.05) is 0 Å². The molecule has 2 aliphatic carbocycles. The van der Waals surface area contributed by atoms with Crippen LogP contribution in [0.4, 0.5) is 4.79 Å². The zero-order valence-electron chi connectivity index (χ0n) is 13.7. The number of hydrogen-bond acceptors (Lipinski definition) is 5. The van der Waals surface area contributed by atoms with Crippen LogP contribution in [-0.2, 0) is 19.6 Å². The first-order chi connectivity index (χ1) is 10.5. The highest BCUT2D eigenvalue weighted by Gasteiger charge is 2.54. The molecule has 0 heterocycles. The van der Waals surface area contributed by atoms with E-state index >= 15 is 0 Å². The zero-order valence-corrected chi connectivity index (χ0v) is 14.5. The summed E-state index contributed by atoms with van der Waals surface area (Å²) in [5.74, 6) is -1.05. The van der Waals surface area contributed by atoms with Gasteiger partial charge in [-0.2, -0.15) is 0 Å². The summed E-state index contributed by atoms with van der Waals surface area (Å²) in [5, 5.41) is 2.05. The lowest BCUT2D eigenvalue weighted by Crippen LogP contribution is -2.68. The summed E-state index contributed by atoms with van der Waals surface area (Å²) >= 11 is 0. The van der Waals surface area contributed by atoms with Crippen molar-refractivity contribution in [3.8, 4) is 0 Å². The number of carbonyl (C=O) groups is 2. The number of carbonyl (C=O) groups excluding carboxylic acids is 2. The third-order valence-electron chi connectivity index (χ3n) is 4.09. The largest absolute Gasteiger partial charge is 0.444 e. The molecule has 130 valence electrons. The van der Waals surface area contributed by atoms with E-state index in [4.69, 9.17) is 4.74 Å². The van der Waals surface area contributed by atoms with Crippen LogP contribution in [0.5, 0.6) is 0 Å². The maximum absolute atomic E-state index is 12.6. The molecule has 2 amide bonds. The van der Waals surface area contributed by atoms with Gasteiger partial charge >= 0.3 is 6.09 Å². The minimum Gasteiger partial charge on any atom is -0.444 e. The monoisotopic (exact) mass is 344 g/mol. The van der Waals surface area contributed by atoms with Crippen LogP contribution in [0.25, 0.3) is 0 Å². The number of alkyl carbamates (subject to hydrolysis) is 1. The molecule has 2 atom stereocenters. The molecule has 2 fully saturated rings. The molecule has 0 unspecified atom stereocenters. The Hall–Kier alpha value is -1.57. The van der Waals surface area contributed by atoms with Crippen molar-refractivity contribution in [2.24, 2.45) is 5.92 Å². The third-order valence-corrected chi connectivity index (χ3v) is 5.91. The van der Waals surface area contributed by atoms with Gasteiger partial charge in [-0.3, -0.25) is 9.52 Å². The molecular formula is C15H24N2O5S. The second kappa shape index (κ2) is 5.81. The summed E-state index contributed by atoms with van der Waals surface area (Å²) < 4.78 is 31.3. The second-order valence-corrected chi connectivity index (χ2v) is 9.12. The number of sulfonamides is 1. The minimum absolute atomic E-state index is 0.329. The highest BCUT2D eigenvalue weighted by Crippen LogP contribution is 2.40. The topological polar surface area (TPSA) is 102 Å². The third kappa shape index (κ3) is 3.85. The SMILES string of the molecule is C=C[C@@H]1CC[C@]1(NC(=O)OC(C)(C)C)C(=O)NS(=O)(=O)C1CC1. The molecule has 0 aromatic heterocycles. The molecule has 0 aromatic carbocycles. The Bertz CT molecular complexity index is 618. The van der Waals surface area contributed by atoms with Crippen molar-refractivity contribution in [1.29, 1.82) is 0 Å². The van der Waals surface area contributed by atoms with E-state index in [-0.39, 0.29) is 5.92 Å². The highest BCUT2D eigenvalue weighted by molar-refractivity contribution is 7.90. The van der Waals surface area contributed by atoms with E-state index < -0.39 is 38.4 Å². The summed E-state index contributed by atoms with van der Waals surface area (Å²) in [4.78, 5) is 24.6. The van der Waals surface area contributed by atoms with E-state index in [9.17, 15) is 18.0 Å². The molecule has 23 heavy (non-hydrogen) atoms. The van der Waals surface area contributed by atoms with Crippen LogP contribution < -0.4 is 10.0 Å². The fourth-order valence-corrected chi connectivity index (χ4v) is 3.94. The molecule has 0 bridgehead atoms. The maximum Gasteiger partial charge on any atom is 0.408 e. The molecule has 2 saturated carbocycles. The average Bonchev–Trinajstić information content (AvgIpc) is 3.16. The molecular weight excluding hydrogens is 320 g/mol. The summed E-state index contributed by atoms with van der Waals surface area (Å²) in [6.45, 7) is 8.80. The van der Waals surface area contributed by atoms with E-state index in [1.807, 2.05) is 0 Å². The van der Waals surface area contributed by atoms with Crippen molar-refractivity contribution < 1.29 is 22.7 Å². The Morgan fingerprint density at radius 1 is 1.26 bits per heavy atom. The molecule has 0 aliphatic heterocycles. The van der Waals surface area contributed by atoms with Crippen molar-refractivity contribution >= 4 is 22.0 Å².